The van der Waals surface area contributed by atoms with Gasteiger partial charge in [-0.3, -0.25) is 4.79 Å². The summed E-state index contributed by atoms with van der Waals surface area (Å²) < 4.78 is 0. The van der Waals surface area contributed by atoms with E-state index in [0.29, 0.717) is 34.4 Å². The van der Waals surface area contributed by atoms with Crippen molar-refractivity contribution in [2.24, 2.45) is 0 Å². The van der Waals surface area contributed by atoms with Crippen LogP contribution in [0, 0.1) is 0 Å². The van der Waals surface area contributed by atoms with E-state index in [1.54, 1.807) is 17.0 Å². The molecule has 0 saturated carbocycles. The van der Waals surface area contributed by atoms with Crippen molar-refractivity contribution >= 4 is 34.8 Å². The molecule has 0 radical (unpaired) electrons. The van der Waals surface area contributed by atoms with Crippen LogP contribution in [-0.2, 0) is 0 Å². The van der Waals surface area contributed by atoms with Crippen LogP contribution in [-0.4, -0.2) is 49.4 Å². The summed E-state index contributed by atoms with van der Waals surface area (Å²) in [5, 5.41) is 0.621. The Morgan fingerprint density at radius 1 is 1.20 bits per heavy atom. The van der Waals surface area contributed by atoms with Crippen LogP contribution in [0.1, 0.15) is 23.7 Å². The first-order chi connectivity index (χ1) is 9.36. The molecule has 0 heterocycles. The van der Waals surface area contributed by atoms with E-state index in [1.807, 2.05) is 21.0 Å². The largest absolute Gasteiger partial charge is 0.396 e. The van der Waals surface area contributed by atoms with Crippen molar-refractivity contribution < 1.29 is 4.79 Å². The molecule has 112 valence electrons. The van der Waals surface area contributed by atoms with Gasteiger partial charge in [-0.05, 0) is 46.1 Å². The number of carbonyl (C=O) groups excluding carboxylic acids is 1. The Morgan fingerprint density at radius 2 is 1.75 bits per heavy atom. The predicted molar refractivity (Wildman–Crippen MR) is 85.6 cm³/mol. The van der Waals surface area contributed by atoms with Gasteiger partial charge in [0.2, 0.25) is 0 Å². The molecule has 0 bridgehead atoms. The van der Waals surface area contributed by atoms with Crippen molar-refractivity contribution in [3.05, 3.63) is 27.7 Å². The van der Waals surface area contributed by atoms with Gasteiger partial charge in [0, 0.05) is 18.7 Å². The zero-order valence-corrected chi connectivity index (χ0v) is 13.6. The first kappa shape index (κ1) is 17.1. The number of halogens is 2. The van der Waals surface area contributed by atoms with Crippen LogP contribution < -0.4 is 5.73 Å². The maximum atomic E-state index is 12.4. The molecule has 0 atom stereocenters. The van der Waals surface area contributed by atoms with E-state index in [2.05, 4.69) is 4.90 Å². The lowest BCUT2D eigenvalue weighted by Crippen LogP contribution is -2.33. The topological polar surface area (TPSA) is 49.6 Å². The molecule has 0 fully saturated rings. The average Bonchev–Trinajstić information content (AvgIpc) is 2.39. The van der Waals surface area contributed by atoms with Crippen LogP contribution in [0.4, 0.5) is 5.69 Å². The molecule has 0 aliphatic carbocycles. The van der Waals surface area contributed by atoms with Crippen LogP contribution >= 0.6 is 23.2 Å². The Balaban J connectivity index is 2.80. The molecular weight excluding hydrogens is 297 g/mol. The highest BCUT2D eigenvalue weighted by Gasteiger charge is 2.16. The highest BCUT2D eigenvalue weighted by molar-refractivity contribution is 6.39. The van der Waals surface area contributed by atoms with E-state index in [9.17, 15) is 4.79 Å². The smallest absolute Gasteiger partial charge is 0.253 e. The number of nitrogens with two attached hydrogens (primary N) is 1. The maximum absolute atomic E-state index is 12.4. The highest BCUT2D eigenvalue weighted by atomic mass is 35.5. The molecule has 0 aliphatic heterocycles. The van der Waals surface area contributed by atoms with Crippen LogP contribution in [0.25, 0.3) is 0 Å². The standard InChI is InChI=1S/C14H21Cl2N3O/c1-4-19(7-5-6-18(2)3)14(20)10-8-11(15)13(17)12(16)9-10/h8-9H,4-7,17H2,1-3H3. The number of nitrogens with zero attached hydrogens (tertiary/aromatic N) is 2. The molecule has 0 spiro atoms. The zero-order chi connectivity index (χ0) is 15.3. The molecule has 0 aliphatic rings. The van der Waals surface area contributed by atoms with Crippen molar-refractivity contribution in [2.75, 3.05) is 39.5 Å². The first-order valence-corrected chi connectivity index (χ1v) is 7.31. The summed E-state index contributed by atoms with van der Waals surface area (Å²) in [6.45, 7) is 4.24. The van der Waals surface area contributed by atoms with Gasteiger partial charge in [-0.15, -0.1) is 0 Å². The SMILES string of the molecule is CCN(CCCN(C)C)C(=O)c1cc(Cl)c(N)c(Cl)c1. The molecule has 4 nitrogen and oxygen atoms in total. The van der Waals surface area contributed by atoms with E-state index < -0.39 is 0 Å². The number of rotatable bonds is 6. The van der Waals surface area contributed by atoms with Gasteiger partial charge in [-0.1, -0.05) is 23.2 Å². The van der Waals surface area contributed by atoms with E-state index in [0.717, 1.165) is 13.0 Å². The minimum absolute atomic E-state index is 0.0740. The normalized spacial score (nSPS) is 10.9. The number of amides is 1. The summed E-state index contributed by atoms with van der Waals surface area (Å²) in [6.07, 6.45) is 0.920. The molecule has 0 aromatic heterocycles. The van der Waals surface area contributed by atoms with E-state index in [1.165, 1.54) is 0 Å². The second-order valence-electron chi connectivity index (χ2n) is 4.90. The number of hydrogen-bond acceptors (Lipinski definition) is 3. The fourth-order valence-corrected chi connectivity index (χ4v) is 2.36. The summed E-state index contributed by atoms with van der Waals surface area (Å²) >= 11 is 11.9. The summed E-state index contributed by atoms with van der Waals surface area (Å²) in [7, 11) is 4.02. The Morgan fingerprint density at radius 3 is 2.20 bits per heavy atom. The van der Waals surface area contributed by atoms with Gasteiger partial charge in [-0.2, -0.15) is 0 Å². The van der Waals surface area contributed by atoms with Gasteiger partial charge in [0.1, 0.15) is 0 Å². The summed E-state index contributed by atoms with van der Waals surface area (Å²) in [4.78, 5) is 16.3. The monoisotopic (exact) mass is 317 g/mol. The molecule has 1 aromatic carbocycles. The second-order valence-corrected chi connectivity index (χ2v) is 5.71. The Kier molecular flexibility index (Phi) is 6.59. The molecule has 0 saturated heterocycles. The van der Waals surface area contributed by atoms with Gasteiger partial charge in [0.25, 0.3) is 5.91 Å². The van der Waals surface area contributed by atoms with Crippen LogP contribution in [0.15, 0.2) is 12.1 Å². The summed E-state index contributed by atoms with van der Waals surface area (Å²) in [5.41, 5.74) is 6.46. The van der Waals surface area contributed by atoms with Gasteiger partial charge in [0.05, 0.1) is 15.7 Å². The minimum Gasteiger partial charge on any atom is -0.396 e. The van der Waals surface area contributed by atoms with Crippen molar-refractivity contribution in [1.82, 2.24) is 9.80 Å². The third-order valence-corrected chi connectivity index (χ3v) is 3.65. The fraction of sp³-hybridized carbons (Fsp3) is 0.500. The molecule has 1 amide bonds. The average molecular weight is 318 g/mol. The third-order valence-electron chi connectivity index (χ3n) is 3.03. The van der Waals surface area contributed by atoms with Gasteiger partial charge in [-0.25, -0.2) is 0 Å². The molecule has 0 unspecified atom stereocenters. The van der Waals surface area contributed by atoms with Gasteiger partial charge >= 0.3 is 0 Å². The van der Waals surface area contributed by atoms with Crippen molar-refractivity contribution in [2.45, 2.75) is 13.3 Å². The van der Waals surface area contributed by atoms with Crippen molar-refractivity contribution in [1.29, 1.82) is 0 Å². The Hall–Kier alpha value is -0.970. The number of hydrogen-bond donors (Lipinski definition) is 1. The minimum atomic E-state index is -0.0740. The lowest BCUT2D eigenvalue weighted by molar-refractivity contribution is 0.0759. The second kappa shape index (κ2) is 7.72. The number of benzene rings is 1. The number of anilines is 1. The van der Waals surface area contributed by atoms with E-state index >= 15 is 0 Å². The van der Waals surface area contributed by atoms with Crippen LogP contribution in [0.5, 0.6) is 0 Å². The van der Waals surface area contributed by atoms with E-state index in [-0.39, 0.29) is 5.91 Å². The number of carbonyl (C=O) groups is 1. The highest BCUT2D eigenvalue weighted by Crippen LogP contribution is 2.29. The van der Waals surface area contributed by atoms with Crippen molar-refractivity contribution in [3.8, 4) is 0 Å². The Bertz CT molecular complexity index is 454. The summed E-state index contributed by atoms with van der Waals surface area (Å²) in [5.74, 6) is -0.0740. The van der Waals surface area contributed by atoms with Crippen molar-refractivity contribution in [3.63, 3.8) is 0 Å². The third kappa shape index (κ3) is 4.54. The number of nitrogen functional groups attached to an aromatic ring is 1. The zero-order valence-electron chi connectivity index (χ0n) is 12.1. The van der Waals surface area contributed by atoms with Crippen LogP contribution in [0.2, 0.25) is 10.0 Å². The first-order valence-electron chi connectivity index (χ1n) is 6.55. The quantitative estimate of drug-likeness (QED) is 0.820. The van der Waals surface area contributed by atoms with Gasteiger partial charge in [0.15, 0.2) is 0 Å². The molecule has 2 N–H and O–H groups in total. The molecule has 20 heavy (non-hydrogen) atoms. The van der Waals surface area contributed by atoms with Gasteiger partial charge < -0.3 is 15.5 Å². The predicted octanol–water partition coefficient (Wildman–Crippen LogP) is 2.99. The van der Waals surface area contributed by atoms with E-state index in [4.69, 9.17) is 28.9 Å². The lowest BCUT2D eigenvalue weighted by atomic mass is 10.1. The fourth-order valence-electron chi connectivity index (χ4n) is 1.87. The molecule has 6 heteroatoms. The summed E-state index contributed by atoms with van der Waals surface area (Å²) in [6, 6.07) is 3.14. The Labute approximate surface area is 130 Å². The molecule has 1 rings (SSSR count). The molecule has 1 aromatic rings. The van der Waals surface area contributed by atoms with Crippen LogP contribution in [0.3, 0.4) is 0 Å². The molecular formula is C14H21Cl2N3O. The maximum Gasteiger partial charge on any atom is 0.253 e. The lowest BCUT2D eigenvalue weighted by Gasteiger charge is -2.22.